The third-order valence-corrected chi connectivity index (χ3v) is 2.55. The van der Waals surface area contributed by atoms with E-state index in [1.165, 1.54) is 5.56 Å². The highest BCUT2D eigenvalue weighted by Crippen LogP contribution is 2.12. The number of benzene rings is 1. The summed E-state index contributed by atoms with van der Waals surface area (Å²) >= 11 is 5.91. The van der Waals surface area contributed by atoms with E-state index in [9.17, 15) is 0 Å². The average molecular weight is 221 g/mol. The lowest BCUT2D eigenvalue weighted by Crippen LogP contribution is -1.91. The van der Waals surface area contributed by atoms with Gasteiger partial charge in [0.2, 0.25) is 0 Å². The summed E-state index contributed by atoms with van der Waals surface area (Å²) < 4.78 is 0. The number of aryl methyl sites for hydroxylation is 3. The van der Waals surface area contributed by atoms with Gasteiger partial charge in [0, 0.05) is 10.7 Å². The highest BCUT2D eigenvalue weighted by atomic mass is 35.5. The second-order valence-electron chi connectivity index (χ2n) is 3.67. The van der Waals surface area contributed by atoms with Crippen molar-refractivity contribution in [1.82, 2.24) is 10.2 Å². The van der Waals surface area contributed by atoms with Crippen LogP contribution in [0.25, 0.3) is 0 Å². The topological polar surface area (TPSA) is 28.7 Å². The summed E-state index contributed by atoms with van der Waals surface area (Å²) in [6.45, 7) is 2.01. The lowest BCUT2D eigenvalue weighted by molar-refractivity contribution is 0.890. The molecular weight excluding hydrogens is 208 g/mol. The van der Waals surface area contributed by atoms with E-state index in [1.807, 2.05) is 25.1 Å². The van der Waals surface area contributed by atoms with Crippen LogP contribution in [0.5, 0.6) is 0 Å². The Morgan fingerprint density at radius 2 is 2.13 bits per heavy atom. The van der Waals surface area contributed by atoms with Crippen molar-refractivity contribution in [1.29, 1.82) is 0 Å². The predicted octanol–water partition coefficient (Wildman–Crippen LogP) is 3.16. The zero-order valence-corrected chi connectivity index (χ0v) is 9.38. The minimum absolute atomic E-state index is 0.797. The maximum atomic E-state index is 5.91. The normalized spacial score (nSPS) is 10.5. The smallest absolute Gasteiger partial charge is 0.0628 e. The van der Waals surface area contributed by atoms with Crippen molar-refractivity contribution in [2.24, 2.45) is 0 Å². The van der Waals surface area contributed by atoms with Gasteiger partial charge in [0.05, 0.1) is 5.69 Å². The van der Waals surface area contributed by atoms with Crippen LogP contribution in [0, 0.1) is 6.92 Å². The van der Waals surface area contributed by atoms with Gasteiger partial charge in [0.1, 0.15) is 0 Å². The molecule has 0 fully saturated rings. The third kappa shape index (κ3) is 2.83. The number of nitrogens with one attached hydrogen (secondary N) is 1. The highest BCUT2D eigenvalue weighted by Gasteiger charge is 1.99. The van der Waals surface area contributed by atoms with Crippen molar-refractivity contribution in [3.63, 3.8) is 0 Å². The fourth-order valence-electron chi connectivity index (χ4n) is 1.57. The summed E-state index contributed by atoms with van der Waals surface area (Å²) in [5.41, 5.74) is 3.46. The molecule has 0 atom stereocenters. The summed E-state index contributed by atoms with van der Waals surface area (Å²) in [6, 6.07) is 10.0. The van der Waals surface area contributed by atoms with Gasteiger partial charge in [-0.1, -0.05) is 23.7 Å². The molecule has 0 aliphatic rings. The molecule has 0 aliphatic heterocycles. The van der Waals surface area contributed by atoms with Crippen molar-refractivity contribution in [2.45, 2.75) is 19.8 Å². The van der Waals surface area contributed by atoms with E-state index in [4.69, 9.17) is 11.6 Å². The molecule has 0 aliphatic carbocycles. The monoisotopic (exact) mass is 220 g/mol. The van der Waals surface area contributed by atoms with E-state index in [-0.39, 0.29) is 0 Å². The predicted molar refractivity (Wildman–Crippen MR) is 62.2 cm³/mol. The molecule has 2 aromatic rings. The number of hydrogen-bond acceptors (Lipinski definition) is 1. The Morgan fingerprint density at radius 1 is 1.27 bits per heavy atom. The molecule has 2 rings (SSSR count). The van der Waals surface area contributed by atoms with Crippen LogP contribution in [0.4, 0.5) is 0 Å². The van der Waals surface area contributed by atoms with Gasteiger partial charge < -0.3 is 0 Å². The number of aromatic amines is 1. The molecule has 0 saturated heterocycles. The maximum Gasteiger partial charge on any atom is 0.0628 e. The van der Waals surface area contributed by atoms with Gasteiger partial charge in [-0.3, -0.25) is 5.10 Å². The number of rotatable bonds is 3. The fourth-order valence-corrected chi connectivity index (χ4v) is 1.78. The summed E-state index contributed by atoms with van der Waals surface area (Å²) in [5.74, 6) is 0. The van der Waals surface area contributed by atoms with Crippen LogP contribution in [-0.4, -0.2) is 10.2 Å². The maximum absolute atomic E-state index is 5.91. The Balaban J connectivity index is 1.99. The third-order valence-electron chi connectivity index (χ3n) is 2.32. The number of hydrogen-bond donors (Lipinski definition) is 1. The molecule has 2 nitrogen and oxygen atoms in total. The quantitative estimate of drug-likeness (QED) is 0.846. The lowest BCUT2D eigenvalue weighted by atomic mass is 10.1. The van der Waals surface area contributed by atoms with Gasteiger partial charge in [0.25, 0.3) is 0 Å². The highest BCUT2D eigenvalue weighted by molar-refractivity contribution is 6.30. The van der Waals surface area contributed by atoms with Gasteiger partial charge >= 0.3 is 0 Å². The van der Waals surface area contributed by atoms with E-state index in [0.29, 0.717) is 0 Å². The molecule has 1 aromatic heterocycles. The number of H-pyrrole nitrogens is 1. The average Bonchev–Trinajstić information content (AvgIpc) is 2.62. The van der Waals surface area contributed by atoms with Gasteiger partial charge in [-0.05, 0) is 43.5 Å². The van der Waals surface area contributed by atoms with E-state index < -0.39 is 0 Å². The van der Waals surface area contributed by atoms with Crippen LogP contribution in [0.2, 0.25) is 5.02 Å². The summed E-state index contributed by atoms with van der Waals surface area (Å²) in [6.07, 6.45) is 1.93. The largest absolute Gasteiger partial charge is 0.283 e. The van der Waals surface area contributed by atoms with Crippen LogP contribution < -0.4 is 0 Å². The van der Waals surface area contributed by atoms with Crippen LogP contribution in [0.3, 0.4) is 0 Å². The molecule has 0 amide bonds. The van der Waals surface area contributed by atoms with Gasteiger partial charge in [-0.15, -0.1) is 0 Å². The van der Waals surface area contributed by atoms with E-state index in [2.05, 4.69) is 22.3 Å². The van der Waals surface area contributed by atoms with E-state index in [1.54, 1.807) is 0 Å². The summed E-state index contributed by atoms with van der Waals surface area (Å²) in [7, 11) is 0. The van der Waals surface area contributed by atoms with E-state index in [0.717, 1.165) is 29.3 Å². The van der Waals surface area contributed by atoms with Crippen molar-refractivity contribution in [2.75, 3.05) is 0 Å². The van der Waals surface area contributed by atoms with Crippen LogP contribution in [0.15, 0.2) is 30.3 Å². The first-order valence-electron chi connectivity index (χ1n) is 4.99. The van der Waals surface area contributed by atoms with Crippen molar-refractivity contribution >= 4 is 11.6 Å². The Labute approximate surface area is 94.3 Å². The zero-order valence-electron chi connectivity index (χ0n) is 8.63. The summed E-state index contributed by atoms with van der Waals surface area (Å²) in [5, 5.41) is 7.93. The van der Waals surface area contributed by atoms with E-state index >= 15 is 0 Å². The fraction of sp³-hybridized carbons (Fsp3) is 0.250. The molecule has 15 heavy (non-hydrogen) atoms. The first-order valence-corrected chi connectivity index (χ1v) is 5.37. The number of halogens is 1. The first kappa shape index (κ1) is 10.2. The molecule has 1 aromatic carbocycles. The molecule has 0 spiro atoms. The van der Waals surface area contributed by atoms with Crippen LogP contribution in [-0.2, 0) is 12.8 Å². The van der Waals surface area contributed by atoms with Crippen molar-refractivity contribution < 1.29 is 0 Å². The molecule has 0 bridgehead atoms. The molecular formula is C12H13ClN2. The minimum atomic E-state index is 0.797. The standard InChI is InChI=1S/C12H13ClN2/c1-9-7-12(15-14-9)6-5-10-3-2-4-11(13)8-10/h2-4,7-8H,5-6H2,1H3,(H,14,15). The summed E-state index contributed by atoms with van der Waals surface area (Å²) in [4.78, 5) is 0. The number of nitrogens with zero attached hydrogens (tertiary/aromatic N) is 1. The Hall–Kier alpha value is -1.28. The second kappa shape index (κ2) is 4.49. The Kier molecular flexibility index (Phi) is 3.07. The Bertz CT molecular complexity index is 448. The second-order valence-corrected chi connectivity index (χ2v) is 4.11. The van der Waals surface area contributed by atoms with Crippen molar-refractivity contribution in [3.8, 4) is 0 Å². The lowest BCUT2D eigenvalue weighted by Gasteiger charge is -1.99. The first-order chi connectivity index (χ1) is 7.24. The molecule has 1 N–H and O–H groups in total. The van der Waals surface area contributed by atoms with Crippen LogP contribution >= 0.6 is 11.6 Å². The molecule has 3 heteroatoms. The van der Waals surface area contributed by atoms with Crippen LogP contribution in [0.1, 0.15) is 17.0 Å². The molecule has 0 saturated carbocycles. The molecule has 1 heterocycles. The molecule has 0 radical (unpaired) electrons. The molecule has 78 valence electrons. The van der Waals surface area contributed by atoms with Gasteiger partial charge in [-0.2, -0.15) is 5.10 Å². The minimum Gasteiger partial charge on any atom is -0.283 e. The van der Waals surface area contributed by atoms with Gasteiger partial charge in [-0.25, -0.2) is 0 Å². The Morgan fingerprint density at radius 3 is 2.80 bits per heavy atom. The van der Waals surface area contributed by atoms with Gasteiger partial charge in [0.15, 0.2) is 0 Å². The SMILES string of the molecule is Cc1cc(CCc2cccc(Cl)c2)n[nH]1. The molecule has 0 unspecified atom stereocenters. The zero-order chi connectivity index (χ0) is 10.7. The van der Waals surface area contributed by atoms with Crippen molar-refractivity contribution in [3.05, 3.63) is 52.3 Å². The number of aromatic nitrogens is 2.